The normalized spacial score (nSPS) is 11.7. The summed E-state index contributed by atoms with van der Waals surface area (Å²) in [4.78, 5) is 24.6. The summed E-state index contributed by atoms with van der Waals surface area (Å²) in [6, 6.07) is 15.9. The van der Waals surface area contributed by atoms with E-state index in [4.69, 9.17) is 4.74 Å². The number of hydrogen-bond donors (Lipinski definition) is 1. The molecule has 7 heteroatoms. The zero-order valence-corrected chi connectivity index (χ0v) is 16.3. The van der Waals surface area contributed by atoms with Crippen molar-refractivity contribution in [3.63, 3.8) is 0 Å². The van der Waals surface area contributed by atoms with E-state index in [0.717, 1.165) is 15.8 Å². The lowest BCUT2D eigenvalue weighted by molar-refractivity contribution is -0.128. The third-order valence-electron chi connectivity index (χ3n) is 4.32. The largest absolute Gasteiger partial charge is 0.463 e. The molecule has 1 atom stereocenters. The first kappa shape index (κ1) is 20.3. The third-order valence-corrected chi connectivity index (χ3v) is 4.32. The maximum atomic E-state index is 13.1. The summed E-state index contributed by atoms with van der Waals surface area (Å²) >= 11 is 0. The van der Waals surface area contributed by atoms with Gasteiger partial charge >= 0.3 is 0 Å². The highest BCUT2D eigenvalue weighted by Crippen LogP contribution is 2.12. The van der Waals surface area contributed by atoms with Crippen molar-refractivity contribution in [3.05, 3.63) is 88.0 Å². The number of amides is 1. The fourth-order valence-electron chi connectivity index (χ4n) is 2.82. The fraction of sp³-hybridized carbons (Fsp3) is 0.227. The molecule has 0 radical (unpaired) electrons. The molecule has 3 rings (SSSR count). The highest BCUT2D eigenvalue weighted by Gasteiger charge is 2.19. The number of aryl methyl sites for hydroxylation is 1. The summed E-state index contributed by atoms with van der Waals surface area (Å²) in [6.07, 6.45) is -0.330. The van der Waals surface area contributed by atoms with Gasteiger partial charge in [0.05, 0.1) is 5.69 Å². The predicted octanol–water partition coefficient (Wildman–Crippen LogP) is 3.15. The second-order valence-electron chi connectivity index (χ2n) is 6.62. The van der Waals surface area contributed by atoms with E-state index in [2.05, 4.69) is 10.4 Å². The maximum Gasteiger partial charge on any atom is 0.271 e. The van der Waals surface area contributed by atoms with Gasteiger partial charge in [0, 0.05) is 18.7 Å². The molecule has 0 unspecified atom stereocenters. The van der Waals surface area contributed by atoms with Gasteiger partial charge in [-0.1, -0.05) is 36.8 Å². The molecule has 0 aliphatic carbocycles. The summed E-state index contributed by atoms with van der Waals surface area (Å²) in [7, 11) is 0. The van der Waals surface area contributed by atoms with E-state index < -0.39 is 11.9 Å². The van der Waals surface area contributed by atoms with Gasteiger partial charge in [0.15, 0.2) is 6.10 Å². The number of carbonyl (C=O) groups excluding carboxylic acids is 1. The highest BCUT2D eigenvalue weighted by atomic mass is 19.1. The molecular weight excluding hydrogens is 373 g/mol. The lowest BCUT2D eigenvalue weighted by Crippen LogP contribution is -2.38. The quantitative estimate of drug-likeness (QED) is 0.667. The zero-order chi connectivity index (χ0) is 20.8. The number of ether oxygens (including phenoxy) is 1. The van der Waals surface area contributed by atoms with E-state index in [1.807, 2.05) is 38.1 Å². The van der Waals surface area contributed by atoms with Crippen LogP contribution in [0.25, 0.3) is 5.69 Å². The molecule has 3 aromatic rings. The molecule has 1 heterocycles. The monoisotopic (exact) mass is 395 g/mol. The smallest absolute Gasteiger partial charge is 0.271 e. The van der Waals surface area contributed by atoms with Crippen LogP contribution in [0.5, 0.6) is 5.88 Å². The Balaban J connectivity index is 1.71. The van der Waals surface area contributed by atoms with Crippen LogP contribution in [-0.2, 0) is 11.3 Å². The summed E-state index contributed by atoms with van der Waals surface area (Å²) in [5.41, 5.74) is 2.13. The first-order valence-electron chi connectivity index (χ1n) is 9.32. The van der Waals surface area contributed by atoms with E-state index in [1.54, 1.807) is 0 Å². The number of hydrogen-bond acceptors (Lipinski definition) is 4. The molecule has 0 spiro atoms. The van der Waals surface area contributed by atoms with Gasteiger partial charge in [0.25, 0.3) is 11.5 Å². The van der Waals surface area contributed by atoms with Crippen LogP contribution in [-0.4, -0.2) is 21.8 Å². The Labute approximate surface area is 168 Å². The molecule has 0 saturated heterocycles. The second-order valence-corrected chi connectivity index (χ2v) is 6.62. The topological polar surface area (TPSA) is 73.2 Å². The van der Waals surface area contributed by atoms with Crippen LogP contribution in [0.15, 0.2) is 65.5 Å². The van der Waals surface area contributed by atoms with Crippen molar-refractivity contribution in [2.75, 3.05) is 0 Å². The van der Waals surface area contributed by atoms with Crippen molar-refractivity contribution in [1.82, 2.24) is 15.1 Å². The fourth-order valence-corrected chi connectivity index (χ4v) is 2.82. The van der Waals surface area contributed by atoms with E-state index in [-0.39, 0.29) is 17.3 Å². The number of rotatable bonds is 7. The molecule has 0 aliphatic rings. The Kier molecular flexibility index (Phi) is 6.39. The van der Waals surface area contributed by atoms with E-state index in [1.165, 1.54) is 36.4 Å². The minimum Gasteiger partial charge on any atom is -0.463 e. The minimum absolute atomic E-state index is 0.131. The molecule has 2 aromatic carbocycles. The van der Waals surface area contributed by atoms with Gasteiger partial charge in [0.1, 0.15) is 5.82 Å². The van der Waals surface area contributed by atoms with Crippen LogP contribution in [0, 0.1) is 12.7 Å². The van der Waals surface area contributed by atoms with Gasteiger partial charge in [-0.3, -0.25) is 9.59 Å². The van der Waals surface area contributed by atoms with E-state index in [0.29, 0.717) is 18.7 Å². The summed E-state index contributed by atoms with van der Waals surface area (Å²) in [6.45, 7) is 4.21. The molecular formula is C22H22FN3O3. The van der Waals surface area contributed by atoms with Crippen molar-refractivity contribution in [2.24, 2.45) is 0 Å². The molecule has 0 saturated carbocycles. The van der Waals surface area contributed by atoms with Crippen LogP contribution in [0.4, 0.5) is 4.39 Å². The van der Waals surface area contributed by atoms with Crippen LogP contribution in [0.3, 0.4) is 0 Å². The van der Waals surface area contributed by atoms with Gasteiger partial charge in [-0.2, -0.15) is 4.68 Å². The number of nitrogens with zero attached hydrogens (tertiary/aromatic N) is 2. The number of benzene rings is 2. The number of nitrogens with one attached hydrogen (secondary N) is 1. The van der Waals surface area contributed by atoms with Gasteiger partial charge < -0.3 is 10.1 Å². The van der Waals surface area contributed by atoms with Gasteiger partial charge in [0.2, 0.25) is 5.88 Å². The molecule has 150 valence electrons. The van der Waals surface area contributed by atoms with Crippen molar-refractivity contribution in [2.45, 2.75) is 32.9 Å². The summed E-state index contributed by atoms with van der Waals surface area (Å²) in [5, 5.41) is 7.01. The van der Waals surface area contributed by atoms with Gasteiger partial charge in [-0.05, 0) is 43.2 Å². The van der Waals surface area contributed by atoms with Gasteiger partial charge in [-0.15, -0.1) is 5.10 Å². The maximum absolute atomic E-state index is 13.1. The van der Waals surface area contributed by atoms with Crippen molar-refractivity contribution in [3.8, 4) is 11.6 Å². The van der Waals surface area contributed by atoms with Crippen LogP contribution >= 0.6 is 0 Å². The molecule has 0 aliphatic heterocycles. The Morgan fingerprint density at radius 3 is 2.62 bits per heavy atom. The average molecular weight is 395 g/mol. The van der Waals surface area contributed by atoms with E-state index >= 15 is 0 Å². The molecule has 0 fully saturated rings. The molecule has 0 bridgehead atoms. The molecule has 6 nitrogen and oxygen atoms in total. The zero-order valence-electron chi connectivity index (χ0n) is 16.3. The predicted molar refractivity (Wildman–Crippen MR) is 108 cm³/mol. The Morgan fingerprint density at radius 1 is 1.17 bits per heavy atom. The van der Waals surface area contributed by atoms with Crippen LogP contribution in [0.2, 0.25) is 0 Å². The van der Waals surface area contributed by atoms with E-state index in [9.17, 15) is 14.0 Å². The highest BCUT2D eigenvalue weighted by molar-refractivity contribution is 5.81. The van der Waals surface area contributed by atoms with Crippen molar-refractivity contribution >= 4 is 5.91 Å². The lowest BCUT2D eigenvalue weighted by atomic mass is 10.1. The molecule has 29 heavy (non-hydrogen) atoms. The van der Waals surface area contributed by atoms with Crippen LogP contribution < -0.4 is 15.6 Å². The molecule has 1 aromatic heterocycles. The van der Waals surface area contributed by atoms with Gasteiger partial charge in [-0.25, -0.2) is 4.39 Å². The first-order chi connectivity index (χ1) is 14.0. The minimum atomic E-state index is -0.758. The number of carbonyl (C=O) groups is 1. The Morgan fingerprint density at radius 2 is 1.93 bits per heavy atom. The average Bonchev–Trinajstić information content (AvgIpc) is 2.72. The molecule has 1 amide bonds. The van der Waals surface area contributed by atoms with Crippen molar-refractivity contribution < 1.29 is 13.9 Å². The Hall–Kier alpha value is -3.48. The standard InChI is InChI=1S/C22H22FN3O3/c1-3-19(22(28)24-14-16-6-4-5-15(2)13-16)29-20-11-12-21(27)26(25-20)18-9-7-17(23)8-10-18/h4-13,19H,3,14H2,1-2H3,(H,24,28)/t19-/m0/s1. The number of aromatic nitrogens is 2. The Bertz CT molecular complexity index is 1050. The second kappa shape index (κ2) is 9.14. The van der Waals surface area contributed by atoms with Crippen molar-refractivity contribution in [1.29, 1.82) is 0 Å². The summed E-state index contributed by atoms with van der Waals surface area (Å²) < 4.78 is 20.0. The lowest BCUT2D eigenvalue weighted by Gasteiger charge is -2.17. The first-order valence-corrected chi connectivity index (χ1v) is 9.32. The number of halogens is 1. The van der Waals surface area contributed by atoms with Crippen LogP contribution in [0.1, 0.15) is 24.5 Å². The summed E-state index contributed by atoms with van der Waals surface area (Å²) in [5.74, 6) is -0.549. The third kappa shape index (κ3) is 5.28. The SMILES string of the molecule is CC[C@H](Oc1ccc(=O)n(-c2ccc(F)cc2)n1)C(=O)NCc1cccc(C)c1. The molecule has 1 N–H and O–H groups in total.